The van der Waals surface area contributed by atoms with Crippen molar-refractivity contribution in [1.82, 2.24) is 4.98 Å². The molecule has 0 unspecified atom stereocenters. The van der Waals surface area contributed by atoms with E-state index in [1.807, 2.05) is 12.3 Å². The fourth-order valence-electron chi connectivity index (χ4n) is 2.39. The van der Waals surface area contributed by atoms with Crippen LogP contribution in [0.3, 0.4) is 0 Å². The SMILES string of the molecule is CCCCCCCCc1ccc2ncccc2c1. The van der Waals surface area contributed by atoms with E-state index in [2.05, 4.69) is 36.2 Å². The Labute approximate surface area is 110 Å². The van der Waals surface area contributed by atoms with Crippen molar-refractivity contribution in [3.63, 3.8) is 0 Å². The monoisotopic (exact) mass is 241 g/mol. The molecule has 0 radical (unpaired) electrons. The summed E-state index contributed by atoms with van der Waals surface area (Å²) in [5.74, 6) is 0. The van der Waals surface area contributed by atoms with Crippen molar-refractivity contribution in [1.29, 1.82) is 0 Å². The summed E-state index contributed by atoms with van der Waals surface area (Å²) in [7, 11) is 0. The molecule has 96 valence electrons. The Morgan fingerprint density at radius 3 is 2.67 bits per heavy atom. The summed E-state index contributed by atoms with van der Waals surface area (Å²) in [6, 6.07) is 10.8. The molecule has 0 atom stereocenters. The van der Waals surface area contributed by atoms with Crippen LogP contribution in [0.25, 0.3) is 10.9 Å². The molecule has 2 rings (SSSR count). The smallest absolute Gasteiger partial charge is 0.0702 e. The maximum Gasteiger partial charge on any atom is 0.0702 e. The molecule has 0 fully saturated rings. The minimum Gasteiger partial charge on any atom is -0.256 e. The number of pyridine rings is 1. The van der Waals surface area contributed by atoms with Crippen LogP contribution in [0.5, 0.6) is 0 Å². The largest absolute Gasteiger partial charge is 0.256 e. The molecule has 0 bridgehead atoms. The van der Waals surface area contributed by atoms with Gasteiger partial charge in [0.05, 0.1) is 5.52 Å². The molecule has 18 heavy (non-hydrogen) atoms. The number of aryl methyl sites for hydroxylation is 1. The second-order valence-corrected chi connectivity index (χ2v) is 5.05. The lowest BCUT2D eigenvalue weighted by atomic mass is 10.0. The summed E-state index contributed by atoms with van der Waals surface area (Å²) < 4.78 is 0. The third-order valence-corrected chi connectivity index (χ3v) is 3.49. The van der Waals surface area contributed by atoms with E-state index >= 15 is 0 Å². The Kier molecular flexibility index (Phi) is 5.19. The van der Waals surface area contributed by atoms with Crippen LogP contribution in [0.4, 0.5) is 0 Å². The minimum absolute atomic E-state index is 1.10. The van der Waals surface area contributed by atoms with Gasteiger partial charge >= 0.3 is 0 Å². The van der Waals surface area contributed by atoms with Crippen LogP contribution in [0.15, 0.2) is 36.5 Å². The van der Waals surface area contributed by atoms with E-state index in [-0.39, 0.29) is 0 Å². The van der Waals surface area contributed by atoms with Crippen molar-refractivity contribution in [2.75, 3.05) is 0 Å². The first-order chi connectivity index (χ1) is 8.90. The summed E-state index contributed by atoms with van der Waals surface area (Å²) in [6.07, 6.45) is 11.3. The zero-order chi connectivity index (χ0) is 12.6. The van der Waals surface area contributed by atoms with E-state index < -0.39 is 0 Å². The van der Waals surface area contributed by atoms with Gasteiger partial charge in [-0.15, -0.1) is 0 Å². The highest BCUT2D eigenvalue weighted by molar-refractivity contribution is 5.78. The molecule has 1 heterocycles. The molecule has 1 aromatic carbocycles. The summed E-state index contributed by atoms with van der Waals surface area (Å²) in [6.45, 7) is 2.27. The molecule has 0 amide bonds. The van der Waals surface area contributed by atoms with Gasteiger partial charge in [-0.25, -0.2) is 0 Å². The maximum atomic E-state index is 4.35. The summed E-state index contributed by atoms with van der Waals surface area (Å²) >= 11 is 0. The highest BCUT2D eigenvalue weighted by atomic mass is 14.6. The Balaban J connectivity index is 1.81. The lowest BCUT2D eigenvalue weighted by molar-refractivity contribution is 0.607. The molecular weight excluding hydrogens is 218 g/mol. The van der Waals surface area contributed by atoms with Gasteiger partial charge in [-0.2, -0.15) is 0 Å². The molecule has 0 aliphatic rings. The van der Waals surface area contributed by atoms with E-state index in [1.54, 1.807) is 0 Å². The number of unbranched alkanes of at least 4 members (excludes halogenated alkanes) is 5. The van der Waals surface area contributed by atoms with Crippen molar-refractivity contribution >= 4 is 10.9 Å². The lowest BCUT2D eigenvalue weighted by Gasteiger charge is -2.03. The van der Waals surface area contributed by atoms with E-state index in [9.17, 15) is 0 Å². The average molecular weight is 241 g/mol. The van der Waals surface area contributed by atoms with E-state index in [0.29, 0.717) is 0 Å². The molecular formula is C17H23N. The number of aromatic nitrogens is 1. The van der Waals surface area contributed by atoms with Crippen LogP contribution in [-0.2, 0) is 6.42 Å². The van der Waals surface area contributed by atoms with Gasteiger partial charge in [-0.05, 0) is 36.6 Å². The Hall–Kier alpha value is -1.37. The van der Waals surface area contributed by atoms with Crippen molar-refractivity contribution in [3.8, 4) is 0 Å². The molecule has 0 aliphatic carbocycles. The summed E-state index contributed by atoms with van der Waals surface area (Å²) in [5, 5.41) is 1.26. The van der Waals surface area contributed by atoms with Crippen molar-refractivity contribution < 1.29 is 0 Å². The van der Waals surface area contributed by atoms with Crippen LogP contribution in [0.2, 0.25) is 0 Å². The maximum absolute atomic E-state index is 4.35. The highest BCUT2D eigenvalue weighted by Gasteiger charge is 1.97. The van der Waals surface area contributed by atoms with Gasteiger partial charge in [0.15, 0.2) is 0 Å². The van der Waals surface area contributed by atoms with Gasteiger partial charge < -0.3 is 0 Å². The third-order valence-electron chi connectivity index (χ3n) is 3.49. The molecule has 0 spiro atoms. The second-order valence-electron chi connectivity index (χ2n) is 5.05. The Morgan fingerprint density at radius 2 is 1.78 bits per heavy atom. The highest BCUT2D eigenvalue weighted by Crippen LogP contribution is 2.16. The van der Waals surface area contributed by atoms with E-state index in [4.69, 9.17) is 0 Å². The molecule has 1 nitrogen and oxygen atoms in total. The van der Waals surface area contributed by atoms with Gasteiger partial charge in [0.1, 0.15) is 0 Å². The number of hydrogen-bond acceptors (Lipinski definition) is 1. The topological polar surface area (TPSA) is 12.9 Å². The lowest BCUT2D eigenvalue weighted by Crippen LogP contribution is -1.87. The first kappa shape index (κ1) is 13.1. The Bertz CT molecular complexity index is 476. The van der Waals surface area contributed by atoms with Gasteiger partial charge in [0.25, 0.3) is 0 Å². The third kappa shape index (κ3) is 3.83. The fraction of sp³-hybridized carbons (Fsp3) is 0.471. The van der Waals surface area contributed by atoms with Gasteiger partial charge in [-0.1, -0.05) is 51.2 Å². The quantitative estimate of drug-likeness (QED) is 0.612. The number of nitrogens with zero attached hydrogens (tertiary/aromatic N) is 1. The first-order valence-electron chi connectivity index (χ1n) is 7.24. The standard InChI is InChI=1S/C17H23N/c1-2-3-4-5-6-7-9-15-11-12-17-16(14-15)10-8-13-18-17/h8,10-14H,2-7,9H2,1H3. The zero-order valence-electron chi connectivity index (χ0n) is 11.4. The molecule has 2 aromatic rings. The normalized spacial score (nSPS) is 10.9. The van der Waals surface area contributed by atoms with Gasteiger partial charge in [-0.3, -0.25) is 4.98 Å². The number of hydrogen-bond donors (Lipinski definition) is 0. The zero-order valence-corrected chi connectivity index (χ0v) is 11.4. The Morgan fingerprint density at radius 1 is 0.944 bits per heavy atom. The van der Waals surface area contributed by atoms with Crippen LogP contribution < -0.4 is 0 Å². The predicted octanol–water partition coefficient (Wildman–Crippen LogP) is 5.14. The molecule has 1 aromatic heterocycles. The average Bonchev–Trinajstić information content (AvgIpc) is 2.42. The van der Waals surface area contributed by atoms with E-state index in [1.165, 1.54) is 55.9 Å². The summed E-state index contributed by atoms with van der Waals surface area (Å²) in [5.41, 5.74) is 2.55. The van der Waals surface area contributed by atoms with Crippen molar-refractivity contribution in [3.05, 3.63) is 42.1 Å². The fourth-order valence-corrected chi connectivity index (χ4v) is 2.39. The molecule has 0 saturated heterocycles. The van der Waals surface area contributed by atoms with Gasteiger partial charge in [0, 0.05) is 11.6 Å². The molecule has 1 heteroatoms. The molecule has 0 aliphatic heterocycles. The minimum atomic E-state index is 1.10. The van der Waals surface area contributed by atoms with E-state index in [0.717, 1.165) is 5.52 Å². The number of rotatable bonds is 7. The number of fused-ring (bicyclic) bond motifs is 1. The van der Waals surface area contributed by atoms with Crippen LogP contribution in [-0.4, -0.2) is 4.98 Å². The van der Waals surface area contributed by atoms with Crippen molar-refractivity contribution in [2.24, 2.45) is 0 Å². The van der Waals surface area contributed by atoms with Crippen LogP contribution in [0, 0.1) is 0 Å². The number of benzene rings is 1. The first-order valence-corrected chi connectivity index (χ1v) is 7.24. The molecule has 0 N–H and O–H groups in total. The predicted molar refractivity (Wildman–Crippen MR) is 78.8 cm³/mol. The second kappa shape index (κ2) is 7.15. The molecule has 0 saturated carbocycles. The van der Waals surface area contributed by atoms with Crippen LogP contribution >= 0.6 is 0 Å². The summed E-state index contributed by atoms with van der Waals surface area (Å²) in [4.78, 5) is 4.35. The van der Waals surface area contributed by atoms with Crippen molar-refractivity contribution in [2.45, 2.75) is 51.9 Å². The van der Waals surface area contributed by atoms with Gasteiger partial charge in [0.2, 0.25) is 0 Å². The van der Waals surface area contributed by atoms with Crippen LogP contribution in [0.1, 0.15) is 51.0 Å².